The first-order valence-corrected chi connectivity index (χ1v) is 5.29. The van der Waals surface area contributed by atoms with Crippen LogP contribution in [-0.2, 0) is 11.3 Å². The minimum Gasteiger partial charge on any atom is -0.472 e. The molecule has 2 rings (SSSR count). The maximum absolute atomic E-state index is 11.7. The number of hydrogen-bond donors (Lipinski definition) is 2. The second-order valence-corrected chi connectivity index (χ2v) is 4.05. The van der Waals surface area contributed by atoms with Crippen molar-refractivity contribution >= 4 is 5.91 Å². The molecule has 2 unspecified atom stereocenters. The lowest BCUT2D eigenvalue weighted by atomic mass is 10.0. The second-order valence-electron chi connectivity index (χ2n) is 4.05. The van der Waals surface area contributed by atoms with Crippen molar-refractivity contribution in [2.75, 3.05) is 6.54 Å². The molecule has 0 aliphatic carbocycles. The first-order valence-electron chi connectivity index (χ1n) is 5.29. The molecule has 2 N–H and O–H groups in total. The van der Waals surface area contributed by atoms with Gasteiger partial charge < -0.3 is 15.1 Å². The Hall–Kier alpha value is -1.29. The molecule has 1 aliphatic heterocycles. The fourth-order valence-corrected chi connectivity index (χ4v) is 1.88. The van der Waals surface area contributed by atoms with Crippen LogP contribution in [0.5, 0.6) is 0 Å². The Morgan fingerprint density at radius 1 is 1.73 bits per heavy atom. The number of amides is 1. The van der Waals surface area contributed by atoms with Gasteiger partial charge in [-0.3, -0.25) is 4.79 Å². The number of hydrogen-bond acceptors (Lipinski definition) is 3. The number of carbonyl (C=O) groups excluding carboxylic acids is 1. The van der Waals surface area contributed by atoms with Gasteiger partial charge in [0.15, 0.2) is 0 Å². The molecule has 0 aromatic carbocycles. The molecule has 15 heavy (non-hydrogen) atoms. The highest BCUT2D eigenvalue weighted by atomic mass is 16.3. The minimum atomic E-state index is -0.0306. The van der Waals surface area contributed by atoms with Crippen molar-refractivity contribution in [3.63, 3.8) is 0 Å². The van der Waals surface area contributed by atoms with E-state index in [1.54, 1.807) is 12.5 Å². The highest BCUT2D eigenvalue weighted by molar-refractivity contribution is 5.82. The summed E-state index contributed by atoms with van der Waals surface area (Å²) in [6, 6.07) is 1.82. The van der Waals surface area contributed by atoms with Crippen molar-refractivity contribution in [3.05, 3.63) is 24.2 Å². The SMILES string of the molecule is CC1CCNC1C(=O)NCc1ccoc1. The summed E-state index contributed by atoms with van der Waals surface area (Å²) < 4.78 is 4.93. The van der Waals surface area contributed by atoms with E-state index in [0.29, 0.717) is 12.5 Å². The van der Waals surface area contributed by atoms with Gasteiger partial charge in [-0.2, -0.15) is 0 Å². The summed E-state index contributed by atoms with van der Waals surface area (Å²) in [5, 5.41) is 6.10. The monoisotopic (exact) mass is 208 g/mol. The van der Waals surface area contributed by atoms with Gasteiger partial charge in [0, 0.05) is 12.1 Å². The van der Waals surface area contributed by atoms with Gasteiger partial charge in [-0.1, -0.05) is 6.92 Å². The molecule has 1 saturated heterocycles. The van der Waals surface area contributed by atoms with Crippen LogP contribution < -0.4 is 10.6 Å². The maximum atomic E-state index is 11.7. The Morgan fingerprint density at radius 2 is 2.60 bits per heavy atom. The number of furan rings is 1. The number of rotatable bonds is 3. The van der Waals surface area contributed by atoms with Gasteiger partial charge in [0.2, 0.25) is 5.91 Å². The van der Waals surface area contributed by atoms with E-state index in [1.807, 2.05) is 6.07 Å². The Labute approximate surface area is 89.0 Å². The van der Waals surface area contributed by atoms with Gasteiger partial charge in [-0.05, 0) is 24.9 Å². The lowest BCUT2D eigenvalue weighted by molar-refractivity contribution is -0.123. The summed E-state index contributed by atoms with van der Waals surface area (Å²) in [5.41, 5.74) is 0.994. The Bertz CT molecular complexity index is 321. The fourth-order valence-electron chi connectivity index (χ4n) is 1.88. The molecule has 0 radical (unpaired) electrons. The van der Waals surface area contributed by atoms with Crippen molar-refractivity contribution in [1.82, 2.24) is 10.6 Å². The molecule has 1 aromatic rings. The molecule has 0 bridgehead atoms. The molecule has 1 amide bonds. The van der Waals surface area contributed by atoms with E-state index in [2.05, 4.69) is 17.6 Å². The molecular formula is C11H16N2O2. The van der Waals surface area contributed by atoms with Crippen molar-refractivity contribution in [2.24, 2.45) is 5.92 Å². The van der Waals surface area contributed by atoms with Crippen LogP contribution in [0.4, 0.5) is 0 Å². The van der Waals surface area contributed by atoms with E-state index in [9.17, 15) is 4.79 Å². The van der Waals surface area contributed by atoms with Crippen LogP contribution >= 0.6 is 0 Å². The van der Waals surface area contributed by atoms with Crippen molar-refractivity contribution in [1.29, 1.82) is 0 Å². The van der Waals surface area contributed by atoms with Gasteiger partial charge in [-0.25, -0.2) is 0 Å². The highest BCUT2D eigenvalue weighted by Crippen LogP contribution is 2.14. The third-order valence-corrected chi connectivity index (χ3v) is 2.86. The lowest BCUT2D eigenvalue weighted by Gasteiger charge is -2.14. The average molecular weight is 208 g/mol. The summed E-state index contributed by atoms with van der Waals surface area (Å²) in [6.45, 7) is 3.58. The van der Waals surface area contributed by atoms with E-state index in [4.69, 9.17) is 4.42 Å². The summed E-state index contributed by atoms with van der Waals surface area (Å²) in [4.78, 5) is 11.7. The third-order valence-electron chi connectivity index (χ3n) is 2.86. The third kappa shape index (κ3) is 2.39. The molecule has 0 saturated carbocycles. The average Bonchev–Trinajstić information content (AvgIpc) is 2.84. The fraction of sp³-hybridized carbons (Fsp3) is 0.545. The molecule has 2 atom stereocenters. The van der Waals surface area contributed by atoms with Crippen molar-refractivity contribution in [2.45, 2.75) is 25.9 Å². The second kappa shape index (κ2) is 4.49. The zero-order valence-corrected chi connectivity index (χ0v) is 8.82. The zero-order chi connectivity index (χ0) is 10.7. The smallest absolute Gasteiger partial charge is 0.237 e. The van der Waals surface area contributed by atoms with E-state index in [1.165, 1.54) is 0 Å². The van der Waals surface area contributed by atoms with E-state index >= 15 is 0 Å². The molecule has 4 nitrogen and oxygen atoms in total. The summed E-state index contributed by atoms with van der Waals surface area (Å²) in [7, 11) is 0. The standard InChI is InChI=1S/C11H16N2O2/c1-8-2-4-12-10(8)11(14)13-6-9-3-5-15-7-9/h3,5,7-8,10,12H,2,4,6H2,1H3,(H,13,14). The Kier molecular flexibility index (Phi) is 3.06. The zero-order valence-electron chi connectivity index (χ0n) is 8.82. The minimum absolute atomic E-state index is 0.0306. The predicted molar refractivity (Wildman–Crippen MR) is 56.1 cm³/mol. The summed E-state index contributed by atoms with van der Waals surface area (Å²) >= 11 is 0. The molecule has 1 fully saturated rings. The molecule has 1 aliphatic rings. The van der Waals surface area contributed by atoms with Gasteiger partial charge >= 0.3 is 0 Å². The van der Waals surface area contributed by atoms with Crippen LogP contribution in [-0.4, -0.2) is 18.5 Å². The Balaban J connectivity index is 1.82. The summed E-state index contributed by atoms with van der Waals surface area (Å²) in [6.07, 6.45) is 4.33. The quantitative estimate of drug-likeness (QED) is 0.775. The summed E-state index contributed by atoms with van der Waals surface area (Å²) in [5.74, 6) is 0.510. The topological polar surface area (TPSA) is 54.3 Å². The van der Waals surface area contributed by atoms with Crippen LogP contribution in [0.3, 0.4) is 0 Å². The first-order chi connectivity index (χ1) is 7.27. The van der Waals surface area contributed by atoms with Crippen LogP contribution in [0.15, 0.2) is 23.0 Å². The van der Waals surface area contributed by atoms with Gasteiger partial charge in [0.1, 0.15) is 0 Å². The van der Waals surface area contributed by atoms with Crippen LogP contribution in [0, 0.1) is 5.92 Å². The molecule has 4 heteroatoms. The first kappa shape index (κ1) is 10.2. The molecule has 82 valence electrons. The predicted octanol–water partition coefficient (Wildman–Crippen LogP) is 0.894. The Morgan fingerprint density at radius 3 is 3.20 bits per heavy atom. The lowest BCUT2D eigenvalue weighted by Crippen LogP contribution is -2.42. The number of carbonyl (C=O) groups is 1. The van der Waals surface area contributed by atoms with Gasteiger partial charge in [-0.15, -0.1) is 0 Å². The van der Waals surface area contributed by atoms with Crippen molar-refractivity contribution < 1.29 is 9.21 Å². The van der Waals surface area contributed by atoms with E-state index in [-0.39, 0.29) is 11.9 Å². The van der Waals surface area contributed by atoms with Crippen LogP contribution in [0.25, 0.3) is 0 Å². The van der Waals surface area contributed by atoms with Gasteiger partial charge in [0.05, 0.1) is 18.6 Å². The maximum Gasteiger partial charge on any atom is 0.237 e. The normalized spacial score (nSPS) is 25.4. The molecule has 2 heterocycles. The van der Waals surface area contributed by atoms with Gasteiger partial charge in [0.25, 0.3) is 0 Å². The van der Waals surface area contributed by atoms with Crippen molar-refractivity contribution in [3.8, 4) is 0 Å². The molecular weight excluding hydrogens is 192 g/mol. The molecule has 1 aromatic heterocycles. The van der Waals surface area contributed by atoms with E-state index < -0.39 is 0 Å². The highest BCUT2D eigenvalue weighted by Gasteiger charge is 2.28. The number of nitrogens with one attached hydrogen (secondary N) is 2. The van der Waals surface area contributed by atoms with E-state index in [0.717, 1.165) is 18.5 Å². The molecule has 0 spiro atoms. The van der Waals surface area contributed by atoms with Crippen LogP contribution in [0.2, 0.25) is 0 Å². The largest absolute Gasteiger partial charge is 0.472 e. The van der Waals surface area contributed by atoms with Crippen LogP contribution in [0.1, 0.15) is 18.9 Å².